The smallest absolute Gasteiger partial charge is 0.118 e. The molecule has 19 heavy (non-hydrogen) atoms. The van der Waals surface area contributed by atoms with Gasteiger partial charge in [0.25, 0.3) is 0 Å². The Bertz CT molecular complexity index is 511. The van der Waals surface area contributed by atoms with E-state index in [0.29, 0.717) is 0 Å². The van der Waals surface area contributed by atoms with Gasteiger partial charge in [0.1, 0.15) is 5.75 Å². The van der Waals surface area contributed by atoms with E-state index < -0.39 is 0 Å². The lowest BCUT2D eigenvalue weighted by atomic mass is 10.1. The van der Waals surface area contributed by atoms with Crippen LogP contribution in [-0.2, 0) is 13.1 Å². The zero-order valence-corrected chi connectivity index (χ0v) is 11.9. The first-order valence-electron chi connectivity index (χ1n) is 6.58. The Hall–Kier alpha value is -1.80. The van der Waals surface area contributed by atoms with Crippen molar-refractivity contribution >= 4 is 0 Å². The Labute approximate surface area is 115 Å². The molecule has 0 radical (unpaired) electrons. The molecule has 2 rings (SSSR count). The van der Waals surface area contributed by atoms with Crippen molar-refractivity contribution < 1.29 is 4.74 Å². The first kappa shape index (κ1) is 13.6. The van der Waals surface area contributed by atoms with E-state index in [9.17, 15) is 0 Å². The van der Waals surface area contributed by atoms with Crippen LogP contribution in [0.4, 0.5) is 0 Å². The first-order valence-corrected chi connectivity index (χ1v) is 6.58. The molecule has 0 atom stereocenters. The van der Waals surface area contributed by atoms with Crippen LogP contribution in [-0.4, -0.2) is 7.11 Å². The molecular formula is C17H21NO. The molecule has 0 aliphatic carbocycles. The Balaban J connectivity index is 1.88. The van der Waals surface area contributed by atoms with E-state index in [-0.39, 0.29) is 0 Å². The summed E-state index contributed by atoms with van der Waals surface area (Å²) in [6.45, 7) is 6.05. The Morgan fingerprint density at radius 2 is 1.42 bits per heavy atom. The standard InChI is InChI=1S/C17H21NO/c1-13-8-14(2)10-16(9-13)12-18-11-15-4-6-17(19-3)7-5-15/h4-10,18H,11-12H2,1-3H3. The number of methoxy groups -OCH3 is 1. The van der Waals surface area contributed by atoms with Gasteiger partial charge < -0.3 is 10.1 Å². The average Bonchev–Trinajstić information content (AvgIpc) is 2.38. The quantitative estimate of drug-likeness (QED) is 0.881. The van der Waals surface area contributed by atoms with E-state index in [1.54, 1.807) is 7.11 Å². The van der Waals surface area contributed by atoms with Crippen LogP contribution in [0.5, 0.6) is 5.75 Å². The number of hydrogen-bond acceptors (Lipinski definition) is 2. The van der Waals surface area contributed by atoms with Crippen LogP contribution in [0.15, 0.2) is 42.5 Å². The molecule has 2 aromatic carbocycles. The SMILES string of the molecule is COc1ccc(CNCc2cc(C)cc(C)c2)cc1. The first-order chi connectivity index (χ1) is 9.17. The number of nitrogens with one attached hydrogen (secondary N) is 1. The average molecular weight is 255 g/mol. The summed E-state index contributed by atoms with van der Waals surface area (Å²) in [5.41, 5.74) is 5.25. The number of aryl methyl sites for hydroxylation is 2. The van der Waals surface area contributed by atoms with Gasteiger partial charge in [-0.15, -0.1) is 0 Å². The van der Waals surface area contributed by atoms with Gasteiger partial charge in [-0.3, -0.25) is 0 Å². The molecule has 100 valence electrons. The molecule has 2 nitrogen and oxygen atoms in total. The lowest BCUT2D eigenvalue weighted by Gasteiger charge is -2.08. The van der Waals surface area contributed by atoms with Gasteiger partial charge in [-0.2, -0.15) is 0 Å². The minimum absolute atomic E-state index is 0.872. The molecule has 0 saturated carbocycles. The fourth-order valence-corrected chi connectivity index (χ4v) is 2.27. The third-order valence-electron chi connectivity index (χ3n) is 3.10. The summed E-state index contributed by atoms with van der Waals surface area (Å²) < 4.78 is 5.15. The topological polar surface area (TPSA) is 21.3 Å². The highest BCUT2D eigenvalue weighted by atomic mass is 16.5. The van der Waals surface area contributed by atoms with Gasteiger partial charge in [0.2, 0.25) is 0 Å². The van der Waals surface area contributed by atoms with Crippen LogP contribution >= 0.6 is 0 Å². The van der Waals surface area contributed by atoms with Crippen molar-refractivity contribution in [2.24, 2.45) is 0 Å². The summed E-state index contributed by atoms with van der Waals surface area (Å²) in [4.78, 5) is 0. The number of benzene rings is 2. The zero-order valence-electron chi connectivity index (χ0n) is 11.9. The fraction of sp³-hybridized carbons (Fsp3) is 0.294. The second kappa shape index (κ2) is 6.39. The minimum Gasteiger partial charge on any atom is -0.497 e. The molecule has 0 heterocycles. The summed E-state index contributed by atoms with van der Waals surface area (Å²) in [5.74, 6) is 0.901. The van der Waals surface area contributed by atoms with E-state index in [0.717, 1.165) is 18.8 Å². The maximum atomic E-state index is 5.15. The van der Waals surface area contributed by atoms with Crippen molar-refractivity contribution in [1.29, 1.82) is 0 Å². The summed E-state index contributed by atoms with van der Waals surface area (Å²) in [6.07, 6.45) is 0. The van der Waals surface area contributed by atoms with Crippen LogP contribution in [0.2, 0.25) is 0 Å². The number of rotatable bonds is 5. The van der Waals surface area contributed by atoms with E-state index in [1.165, 1.54) is 22.3 Å². The maximum absolute atomic E-state index is 5.15. The van der Waals surface area contributed by atoms with Crippen molar-refractivity contribution in [3.63, 3.8) is 0 Å². The second-order valence-corrected chi connectivity index (χ2v) is 4.95. The predicted octanol–water partition coefficient (Wildman–Crippen LogP) is 3.60. The molecule has 0 saturated heterocycles. The molecule has 0 aliphatic heterocycles. The van der Waals surface area contributed by atoms with Gasteiger partial charge in [-0.25, -0.2) is 0 Å². The van der Waals surface area contributed by atoms with Crippen molar-refractivity contribution in [3.05, 3.63) is 64.7 Å². The van der Waals surface area contributed by atoms with E-state index in [4.69, 9.17) is 4.74 Å². The normalized spacial score (nSPS) is 10.5. The molecule has 0 aromatic heterocycles. The van der Waals surface area contributed by atoms with Gasteiger partial charge in [0, 0.05) is 13.1 Å². The highest BCUT2D eigenvalue weighted by molar-refractivity contribution is 5.29. The van der Waals surface area contributed by atoms with Gasteiger partial charge in [0.15, 0.2) is 0 Å². The lowest BCUT2D eigenvalue weighted by Crippen LogP contribution is -2.12. The highest BCUT2D eigenvalue weighted by Crippen LogP contribution is 2.12. The third-order valence-corrected chi connectivity index (χ3v) is 3.10. The number of hydrogen-bond donors (Lipinski definition) is 1. The maximum Gasteiger partial charge on any atom is 0.118 e. The molecule has 0 amide bonds. The zero-order chi connectivity index (χ0) is 13.7. The van der Waals surface area contributed by atoms with Crippen molar-refractivity contribution in [3.8, 4) is 5.75 Å². The fourth-order valence-electron chi connectivity index (χ4n) is 2.27. The molecule has 0 unspecified atom stereocenters. The molecule has 0 fully saturated rings. The molecule has 2 heteroatoms. The van der Waals surface area contributed by atoms with Gasteiger partial charge in [-0.05, 0) is 37.1 Å². The van der Waals surface area contributed by atoms with Crippen molar-refractivity contribution in [2.45, 2.75) is 26.9 Å². The third kappa shape index (κ3) is 4.11. The van der Waals surface area contributed by atoms with Crippen LogP contribution < -0.4 is 10.1 Å². The Kier molecular flexibility index (Phi) is 4.58. The molecule has 0 bridgehead atoms. The Morgan fingerprint density at radius 1 is 0.842 bits per heavy atom. The van der Waals surface area contributed by atoms with Gasteiger partial charge in [0.05, 0.1) is 7.11 Å². The van der Waals surface area contributed by atoms with Crippen LogP contribution in [0, 0.1) is 13.8 Å². The van der Waals surface area contributed by atoms with Crippen molar-refractivity contribution in [1.82, 2.24) is 5.32 Å². The molecular weight excluding hydrogens is 234 g/mol. The summed E-state index contributed by atoms with van der Waals surface area (Å²) in [7, 11) is 1.69. The van der Waals surface area contributed by atoms with Crippen molar-refractivity contribution in [2.75, 3.05) is 7.11 Å². The summed E-state index contributed by atoms with van der Waals surface area (Å²) >= 11 is 0. The molecule has 0 aliphatic rings. The van der Waals surface area contributed by atoms with Crippen LogP contribution in [0.1, 0.15) is 22.3 Å². The molecule has 0 spiro atoms. The second-order valence-electron chi connectivity index (χ2n) is 4.95. The van der Waals surface area contributed by atoms with E-state index in [2.05, 4.69) is 49.5 Å². The lowest BCUT2D eigenvalue weighted by molar-refractivity contribution is 0.414. The monoisotopic (exact) mass is 255 g/mol. The molecule has 1 N–H and O–H groups in total. The largest absolute Gasteiger partial charge is 0.497 e. The molecule has 2 aromatic rings. The van der Waals surface area contributed by atoms with E-state index >= 15 is 0 Å². The minimum atomic E-state index is 0.872. The van der Waals surface area contributed by atoms with Crippen LogP contribution in [0.25, 0.3) is 0 Å². The number of ether oxygens (including phenoxy) is 1. The summed E-state index contributed by atoms with van der Waals surface area (Å²) in [6, 6.07) is 14.8. The van der Waals surface area contributed by atoms with Crippen LogP contribution in [0.3, 0.4) is 0 Å². The van der Waals surface area contributed by atoms with Gasteiger partial charge >= 0.3 is 0 Å². The predicted molar refractivity (Wildman–Crippen MR) is 79.5 cm³/mol. The highest BCUT2D eigenvalue weighted by Gasteiger charge is 1.97. The van der Waals surface area contributed by atoms with Gasteiger partial charge in [-0.1, -0.05) is 41.5 Å². The Morgan fingerprint density at radius 3 is 2.00 bits per heavy atom. The summed E-state index contributed by atoms with van der Waals surface area (Å²) in [5, 5.41) is 3.47. The van der Waals surface area contributed by atoms with E-state index in [1.807, 2.05) is 12.1 Å².